The molecular formula is C13H17NO4S. The first kappa shape index (κ1) is 14.2. The molecule has 104 valence electrons. The molecule has 1 heterocycles. The van der Waals surface area contributed by atoms with Crippen LogP contribution in [0.2, 0.25) is 0 Å². The van der Waals surface area contributed by atoms with Crippen molar-refractivity contribution in [1.29, 1.82) is 0 Å². The molecule has 0 bridgehead atoms. The third kappa shape index (κ3) is 3.42. The lowest BCUT2D eigenvalue weighted by molar-refractivity contribution is 0.0938. The van der Waals surface area contributed by atoms with Gasteiger partial charge >= 0.3 is 0 Å². The van der Waals surface area contributed by atoms with Crippen LogP contribution in [0.4, 0.5) is 0 Å². The number of ether oxygens (including phenoxy) is 1. The largest absolute Gasteiger partial charge is 0.394 e. The van der Waals surface area contributed by atoms with Gasteiger partial charge in [-0.25, -0.2) is 8.42 Å². The van der Waals surface area contributed by atoms with Crippen molar-refractivity contribution >= 4 is 15.9 Å². The highest BCUT2D eigenvalue weighted by Gasteiger charge is 2.21. The molecule has 1 aromatic carbocycles. The van der Waals surface area contributed by atoms with Gasteiger partial charge in [-0.3, -0.25) is 0 Å². The van der Waals surface area contributed by atoms with Crippen LogP contribution < -0.4 is 5.32 Å². The molecule has 2 N–H and O–H groups in total. The summed E-state index contributed by atoms with van der Waals surface area (Å²) < 4.78 is 28.5. The van der Waals surface area contributed by atoms with Crippen LogP contribution in [0.3, 0.4) is 0 Å². The molecule has 0 aliphatic carbocycles. The van der Waals surface area contributed by atoms with Crippen LogP contribution in [0.1, 0.15) is 11.1 Å². The van der Waals surface area contributed by atoms with E-state index in [1.165, 1.54) is 5.41 Å². The zero-order valence-electron chi connectivity index (χ0n) is 10.5. The fourth-order valence-corrected chi connectivity index (χ4v) is 3.18. The van der Waals surface area contributed by atoms with E-state index in [4.69, 9.17) is 9.84 Å². The van der Waals surface area contributed by atoms with Crippen molar-refractivity contribution in [2.24, 2.45) is 0 Å². The molecule has 5 nitrogen and oxygen atoms in total. The Morgan fingerprint density at radius 2 is 2.11 bits per heavy atom. The molecule has 6 heteroatoms. The van der Waals surface area contributed by atoms with E-state index in [0.29, 0.717) is 31.2 Å². The standard InChI is InChI=1S/C13H17NO4S/c15-6-8-18-7-5-14-10-11-2-1-3-13-12(11)4-9-19(13,16)17/h1-4,9,14-15H,5-8,10H2. The molecule has 0 atom stereocenters. The highest BCUT2D eigenvalue weighted by atomic mass is 32.2. The van der Waals surface area contributed by atoms with Crippen molar-refractivity contribution in [3.05, 3.63) is 34.7 Å². The summed E-state index contributed by atoms with van der Waals surface area (Å²) in [6.07, 6.45) is 1.64. The Labute approximate surface area is 112 Å². The quantitative estimate of drug-likeness (QED) is 0.715. The first-order chi connectivity index (χ1) is 9.15. The van der Waals surface area contributed by atoms with Crippen molar-refractivity contribution in [2.75, 3.05) is 26.4 Å². The van der Waals surface area contributed by atoms with E-state index in [2.05, 4.69) is 5.32 Å². The van der Waals surface area contributed by atoms with Crippen molar-refractivity contribution in [1.82, 2.24) is 5.32 Å². The summed E-state index contributed by atoms with van der Waals surface area (Å²) in [6.45, 7) is 2.12. The molecule has 0 saturated carbocycles. The lowest BCUT2D eigenvalue weighted by atomic mass is 10.1. The molecule has 1 aliphatic heterocycles. The van der Waals surface area contributed by atoms with Crippen LogP contribution in [-0.2, 0) is 21.1 Å². The monoisotopic (exact) mass is 283 g/mol. The molecule has 0 spiro atoms. The topological polar surface area (TPSA) is 75.6 Å². The smallest absolute Gasteiger partial charge is 0.200 e. The average Bonchev–Trinajstić information content (AvgIpc) is 2.71. The molecule has 0 saturated heterocycles. The normalized spacial score (nSPS) is 15.6. The lowest BCUT2D eigenvalue weighted by Crippen LogP contribution is -2.20. The summed E-state index contributed by atoms with van der Waals surface area (Å²) in [5.41, 5.74) is 1.73. The third-order valence-corrected chi connectivity index (χ3v) is 4.31. The number of nitrogens with one attached hydrogen (secondary N) is 1. The molecule has 19 heavy (non-hydrogen) atoms. The highest BCUT2D eigenvalue weighted by Crippen LogP contribution is 2.29. The van der Waals surface area contributed by atoms with Gasteiger partial charge in [0.1, 0.15) is 0 Å². The summed E-state index contributed by atoms with van der Waals surface area (Å²) in [7, 11) is -3.23. The number of hydrogen-bond acceptors (Lipinski definition) is 5. The summed E-state index contributed by atoms with van der Waals surface area (Å²) in [4.78, 5) is 0.378. The van der Waals surface area contributed by atoms with Gasteiger partial charge in [0.05, 0.1) is 24.7 Å². The van der Waals surface area contributed by atoms with Gasteiger partial charge in [0.25, 0.3) is 0 Å². The zero-order chi connectivity index (χ0) is 13.7. The minimum Gasteiger partial charge on any atom is -0.394 e. The van der Waals surface area contributed by atoms with Gasteiger partial charge in [0.2, 0.25) is 0 Å². The molecular weight excluding hydrogens is 266 g/mol. The van der Waals surface area contributed by atoms with Crippen LogP contribution in [0.15, 0.2) is 28.5 Å². The van der Waals surface area contributed by atoms with Crippen LogP contribution >= 0.6 is 0 Å². The first-order valence-corrected chi connectivity index (χ1v) is 7.64. The zero-order valence-corrected chi connectivity index (χ0v) is 11.3. The van der Waals surface area contributed by atoms with E-state index in [-0.39, 0.29) is 6.61 Å². The Kier molecular flexibility index (Phi) is 4.71. The number of hydrogen-bond donors (Lipinski definition) is 2. The highest BCUT2D eigenvalue weighted by molar-refractivity contribution is 7.94. The SMILES string of the molecule is O=S1(=O)C=Cc2c(CNCCOCCO)cccc21. The number of sulfone groups is 1. The fraction of sp³-hybridized carbons (Fsp3) is 0.385. The van der Waals surface area contributed by atoms with Crippen LogP contribution in [-0.4, -0.2) is 39.9 Å². The minimum absolute atomic E-state index is 0.0227. The Bertz CT molecular complexity index is 566. The van der Waals surface area contributed by atoms with Crippen molar-refractivity contribution in [3.8, 4) is 0 Å². The summed E-state index contributed by atoms with van der Waals surface area (Å²) in [6, 6.07) is 5.28. The van der Waals surface area contributed by atoms with Crippen LogP contribution in [0.5, 0.6) is 0 Å². The maximum atomic E-state index is 11.7. The van der Waals surface area contributed by atoms with Crippen molar-refractivity contribution in [3.63, 3.8) is 0 Å². The maximum Gasteiger partial charge on any atom is 0.200 e. The van der Waals surface area contributed by atoms with Crippen LogP contribution in [0, 0.1) is 0 Å². The summed E-state index contributed by atoms with van der Waals surface area (Å²) in [5, 5.41) is 13.0. The van der Waals surface area contributed by atoms with Gasteiger partial charge in [-0.2, -0.15) is 0 Å². The van der Waals surface area contributed by atoms with Gasteiger partial charge in [0, 0.05) is 18.5 Å². The molecule has 1 aliphatic rings. The summed E-state index contributed by atoms with van der Waals surface area (Å²) in [5.74, 6) is 0. The van der Waals surface area contributed by atoms with Gasteiger partial charge < -0.3 is 15.2 Å². The Morgan fingerprint density at radius 3 is 2.89 bits per heavy atom. The van der Waals surface area contributed by atoms with Crippen molar-refractivity contribution < 1.29 is 18.3 Å². The average molecular weight is 283 g/mol. The van der Waals surface area contributed by atoms with Gasteiger partial charge in [-0.15, -0.1) is 0 Å². The number of aliphatic hydroxyl groups excluding tert-OH is 1. The number of aliphatic hydroxyl groups is 1. The predicted molar refractivity (Wildman–Crippen MR) is 72.3 cm³/mol. The van der Waals surface area contributed by atoms with E-state index in [1.54, 1.807) is 18.2 Å². The maximum absolute atomic E-state index is 11.7. The molecule has 0 amide bonds. The number of fused-ring (bicyclic) bond motifs is 1. The lowest BCUT2D eigenvalue weighted by Gasteiger charge is -2.09. The van der Waals surface area contributed by atoms with E-state index < -0.39 is 9.84 Å². The number of rotatable bonds is 7. The van der Waals surface area contributed by atoms with Gasteiger partial charge in [-0.1, -0.05) is 12.1 Å². The summed E-state index contributed by atoms with van der Waals surface area (Å²) >= 11 is 0. The molecule has 0 aromatic heterocycles. The third-order valence-electron chi connectivity index (χ3n) is 2.85. The fourth-order valence-electron chi connectivity index (χ4n) is 1.95. The van der Waals surface area contributed by atoms with E-state index in [1.807, 2.05) is 6.07 Å². The van der Waals surface area contributed by atoms with E-state index in [9.17, 15) is 8.42 Å². The molecule has 0 radical (unpaired) electrons. The Balaban J connectivity index is 1.93. The second kappa shape index (κ2) is 6.29. The predicted octanol–water partition coefficient (Wildman–Crippen LogP) is 0.543. The number of benzene rings is 1. The second-order valence-electron chi connectivity index (χ2n) is 4.19. The molecule has 0 unspecified atom stereocenters. The van der Waals surface area contributed by atoms with E-state index in [0.717, 1.165) is 11.1 Å². The van der Waals surface area contributed by atoms with Gasteiger partial charge in [0.15, 0.2) is 9.84 Å². The Hall–Kier alpha value is -1.21. The first-order valence-electron chi connectivity index (χ1n) is 6.09. The Morgan fingerprint density at radius 1 is 1.26 bits per heavy atom. The molecule has 0 fully saturated rings. The van der Waals surface area contributed by atoms with Crippen LogP contribution in [0.25, 0.3) is 6.08 Å². The minimum atomic E-state index is -3.23. The second-order valence-corrected chi connectivity index (χ2v) is 5.99. The van der Waals surface area contributed by atoms with Gasteiger partial charge in [-0.05, 0) is 23.3 Å². The van der Waals surface area contributed by atoms with Crippen molar-refractivity contribution in [2.45, 2.75) is 11.4 Å². The molecule has 2 rings (SSSR count). The molecule has 1 aromatic rings. The van der Waals surface area contributed by atoms with E-state index >= 15 is 0 Å².